The quantitative estimate of drug-likeness (QED) is 0.524. The van der Waals surface area contributed by atoms with Crippen LogP contribution in [0.2, 0.25) is 0 Å². The summed E-state index contributed by atoms with van der Waals surface area (Å²) < 4.78 is 19.3. The molecule has 1 aliphatic heterocycles. The minimum Gasteiger partial charge on any atom is -0.376 e. The lowest BCUT2D eigenvalue weighted by molar-refractivity contribution is -0.120. The van der Waals surface area contributed by atoms with Gasteiger partial charge < -0.3 is 15.0 Å². The average molecular weight is 461 g/mol. The molecule has 0 unspecified atom stereocenters. The van der Waals surface area contributed by atoms with Gasteiger partial charge in [0.25, 0.3) is 5.91 Å². The molecule has 1 heterocycles. The van der Waals surface area contributed by atoms with Crippen LogP contribution in [0.15, 0.2) is 72.8 Å². The predicted molar refractivity (Wildman–Crippen MR) is 130 cm³/mol. The second-order valence-corrected chi connectivity index (χ2v) is 8.67. The van der Waals surface area contributed by atoms with Crippen molar-refractivity contribution in [1.82, 2.24) is 5.32 Å². The zero-order valence-corrected chi connectivity index (χ0v) is 19.3. The van der Waals surface area contributed by atoms with Gasteiger partial charge in [-0.1, -0.05) is 48.0 Å². The van der Waals surface area contributed by atoms with Gasteiger partial charge in [-0.05, 0) is 61.2 Å². The number of anilines is 1. The maximum atomic E-state index is 13.8. The lowest BCUT2D eigenvalue weighted by Gasteiger charge is -2.24. The Morgan fingerprint density at radius 2 is 1.76 bits per heavy atom. The van der Waals surface area contributed by atoms with E-state index in [0.717, 1.165) is 36.1 Å². The molecular weight excluding hydrogens is 431 g/mol. The molecule has 34 heavy (non-hydrogen) atoms. The molecule has 0 aromatic heterocycles. The minimum absolute atomic E-state index is 0.0596. The number of halogens is 1. The largest absolute Gasteiger partial charge is 0.376 e. The minimum atomic E-state index is -0.453. The first-order chi connectivity index (χ1) is 16.5. The molecule has 0 saturated carbocycles. The standard InChI is InChI=1S/C28H29FN2O3/c1-20-7-9-22(10-8-20)19-31(28(33)23-4-2-5-24(29)17-23)25-13-11-21(12-14-25)16-27(32)30-18-26-6-3-15-34-26/h2,4-5,7-14,17,26H,3,6,15-16,18-19H2,1H3,(H,30,32)/t26-/m1/s1. The number of nitrogens with zero attached hydrogens (tertiary/aromatic N) is 1. The lowest BCUT2D eigenvalue weighted by atomic mass is 10.1. The Bertz CT molecular complexity index is 1120. The third-order valence-electron chi connectivity index (χ3n) is 5.94. The SMILES string of the molecule is Cc1ccc(CN(C(=O)c2cccc(F)c2)c2ccc(CC(=O)NC[C@H]3CCCO3)cc2)cc1. The molecule has 3 aromatic rings. The molecule has 3 aromatic carbocycles. The molecule has 1 fully saturated rings. The fourth-order valence-corrected chi connectivity index (χ4v) is 4.01. The molecule has 4 rings (SSSR count). The van der Waals surface area contributed by atoms with Crippen molar-refractivity contribution in [1.29, 1.82) is 0 Å². The van der Waals surface area contributed by atoms with Crippen molar-refractivity contribution in [2.24, 2.45) is 0 Å². The second-order valence-electron chi connectivity index (χ2n) is 8.67. The lowest BCUT2D eigenvalue weighted by Crippen LogP contribution is -2.32. The van der Waals surface area contributed by atoms with Crippen molar-refractivity contribution in [3.05, 3.63) is 101 Å². The van der Waals surface area contributed by atoms with Crippen molar-refractivity contribution in [3.63, 3.8) is 0 Å². The van der Waals surface area contributed by atoms with E-state index in [-0.39, 0.29) is 29.9 Å². The van der Waals surface area contributed by atoms with Gasteiger partial charge in [0.05, 0.1) is 19.1 Å². The fourth-order valence-electron chi connectivity index (χ4n) is 4.01. The number of carbonyl (C=O) groups excluding carboxylic acids is 2. The van der Waals surface area contributed by atoms with Gasteiger partial charge in [0.1, 0.15) is 5.82 Å². The molecule has 0 bridgehead atoms. The van der Waals surface area contributed by atoms with E-state index < -0.39 is 5.82 Å². The molecule has 1 saturated heterocycles. The Kier molecular flexibility index (Phi) is 7.70. The van der Waals surface area contributed by atoms with E-state index in [4.69, 9.17) is 4.74 Å². The van der Waals surface area contributed by atoms with E-state index in [2.05, 4.69) is 5.32 Å². The van der Waals surface area contributed by atoms with E-state index in [1.165, 1.54) is 18.2 Å². The average Bonchev–Trinajstić information content (AvgIpc) is 3.36. The van der Waals surface area contributed by atoms with Gasteiger partial charge in [-0.3, -0.25) is 9.59 Å². The maximum absolute atomic E-state index is 13.8. The first kappa shape index (κ1) is 23.6. The van der Waals surface area contributed by atoms with Gasteiger partial charge in [0, 0.05) is 24.4 Å². The molecule has 0 radical (unpaired) electrons. The maximum Gasteiger partial charge on any atom is 0.258 e. The summed E-state index contributed by atoms with van der Waals surface area (Å²) in [6, 6.07) is 21.0. The van der Waals surface area contributed by atoms with Crippen LogP contribution in [0.25, 0.3) is 0 Å². The highest BCUT2D eigenvalue weighted by Crippen LogP contribution is 2.22. The van der Waals surface area contributed by atoms with Crippen LogP contribution in [0.4, 0.5) is 10.1 Å². The Labute approximate surface area is 199 Å². The summed E-state index contributed by atoms with van der Waals surface area (Å²) in [5.74, 6) is -0.803. The van der Waals surface area contributed by atoms with Gasteiger partial charge in [-0.15, -0.1) is 0 Å². The summed E-state index contributed by atoms with van der Waals surface area (Å²) in [4.78, 5) is 27.3. The first-order valence-corrected chi connectivity index (χ1v) is 11.6. The smallest absolute Gasteiger partial charge is 0.258 e. The van der Waals surface area contributed by atoms with Gasteiger partial charge in [0.15, 0.2) is 0 Å². The Morgan fingerprint density at radius 3 is 2.44 bits per heavy atom. The van der Waals surface area contributed by atoms with Crippen molar-refractivity contribution in [3.8, 4) is 0 Å². The van der Waals surface area contributed by atoms with Crippen LogP contribution in [0.1, 0.15) is 39.9 Å². The number of carbonyl (C=O) groups is 2. The molecule has 1 atom stereocenters. The van der Waals surface area contributed by atoms with Crippen LogP contribution < -0.4 is 10.2 Å². The molecule has 6 heteroatoms. The van der Waals surface area contributed by atoms with Crippen LogP contribution in [-0.4, -0.2) is 31.1 Å². The Morgan fingerprint density at radius 1 is 1.03 bits per heavy atom. The van der Waals surface area contributed by atoms with Crippen molar-refractivity contribution < 1.29 is 18.7 Å². The molecule has 1 aliphatic rings. The highest BCUT2D eigenvalue weighted by molar-refractivity contribution is 6.06. The summed E-state index contributed by atoms with van der Waals surface area (Å²) in [7, 11) is 0. The fraction of sp³-hybridized carbons (Fsp3) is 0.286. The molecule has 2 amide bonds. The number of ether oxygens (including phenoxy) is 1. The highest BCUT2D eigenvalue weighted by atomic mass is 19.1. The number of nitrogens with one attached hydrogen (secondary N) is 1. The van der Waals surface area contributed by atoms with Gasteiger partial charge >= 0.3 is 0 Å². The summed E-state index contributed by atoms with van der Waals surface area (Å²) in [6.07, 6.45) is 2.37. The summed E-state index contributed by atoms with van der Waals surface area (Å²) in [6.45, 7) is 3.64. The molecule has 176 valence electrons. The summed E-state index contributed by atoms with van der Waals surface area (Å²) >= 11 is 0. The zero-order chi connectivity index (χ0) is 23.9. The van der Waals surface area contributed by atoms with Crippen molar-refractivity contribution in [2.75, 3.05) is 18.1 Å². The van der Waals surface area contributed by atoms with E-state index in [1.807, 2.05) is 55.5 Å². The predicted octanol–water partition coefficient (Wildman–Crippen LogP) is 4.82. The van der Waals surface area contributed by atoms with Crippen LogP contribution >= 0.6 is 0 Å². The summed E-state index contributed by atoms with van der Waals surface area (Å²) in [5.41, 5.74) is 3.91. The number of amides is 2. The number of hydrogen-bond donors (Lipinski definition) is 1. The van der Waals surface area contributed by atoms with Crippen molar-refractivity contribution >= 4 is 17.5 Å². The number of benzene rings is 3. The van der Waals surface area contributed by atoms with Gasteiger partial charge in [-0.2, -0.15) is 0 Å². The Hall–Kier alpha value is -3.51. The number of aryl methyl sites for hydroxylation is 1. The van der Waals surface area contributed by atoms with E-state index in [1.54, 1.807) is 11.0 Å². The molecule has 0 aliphatic carbocycles. The zero-order valence-electron chi connectivity index (χ0n) is 19.3. The summed E-state index contributed by atoms with van der Waals surface area (Å²) in [5, 5.41) is 2.93. The van der Waals surface area contributed by atoms with Gasteiger partial charge in [0.2, 0.25) is 5.91 Å². The third kappa shape index (κ3) is 6.29. The van der Waals surface area contributed by atoms with Crippen LogP contribution in [0.5, 0.6) is 0 Å². The van der Waals surface area contributed by atoms with Crippen molar-refractivity contribution in [2.45, 2.75) is 38.8 Å². The number of rotatable bonds is 8. The molecule has 1 N–H and O–H groups in total. The first-order valence-electron chi connectivity index (χ1n) is 11.6. The molecule has 0 spiro atoms. The third-order valence-corrected chi connectivity index (χ3v) is 5.94. The number of hydrogen-bond acceptors (Lipinski definition) is 3. The van der Waals surface area contributed by atoms with E-state index >= 15 is 0 Å². The Balaban J connectivity index is 1.49. The van der Waals surface area contributed by atoms with E-state index in [9.17, 15) is 14.0 Å². The monoisotopic (exact) mass is 460 g/mol. The van der Waals surface area contributed by atoms with E-state index in [0.29, 0.717) is 18.8 Å². The van der Waals surface area contributed by atoms with Gasteiger partial charge in [-0.25, -0.2) is 4.39 Å². The topological polar surface area (TPSA) is 58.6 Å². The van der Waals surface area contributed by atoms with Crippen LogP contribution in [-0.2, 0) is 22.5 Å². The highest BCUT2D eigenvalue weighted by Gasteiger charge is 2.20. The second kappa shape index (κ2) is 11.1. The van der Waals surface area contributed by atoms with Crippen LogP contribution in [0, 0.1) is 12.7 Å². The normalized spacial score (nSPS) is 15.2. The molecular formula is C28H29FN2O3. The van der Waals surface area contributed by atoms with Crippen LogP contribution in [0.3, 0.4) is 0 Å². The molecule has 5 nitrogen and oxygen atoms in total.